The van der Waals surface area contributed by atoms with E-state index in [9.17, 15) is 0 Å². The lowest BCUT2D eigenvalue weighted by Crippen LogP contribution is -2.10. The van der Waals surface area contributed by atoms with Gasteiger partial charge >= 0.3 is 0 Å². The molecule has 0 aliphatic carbocycles. The Morgan fingerprint density at radius 1 is 0.250 bits per heavy atom. The summed E-state index contributed by atoms with van der Waals surface area (Å²) in [5.41, 5.74) is 11.9. The van der Waals surface area contributed by atoms with Gasteiger partial charge in [-0.3, -0.25) is 0 Å². The highest BCUT2D eigenvalue weighted by Crippen LogP contribution is 2.45. The second kappa shape index (κ2) is 13.4. The average molecular weight is 816 g/mol. The fraction of sp³-hybridized carbons (Fsp3) is 0. The average Bonchev–Trinajstić information content (AvgIpc) is 4.01. The van der Waals surface area contributed by atoms with Crippen molar-refractivity contribution in [2.75, 3.05) is 4.90 Å². The summed E-state index contributed by atoms with van der Waals surface area (Å²) in [4.78, 5) is 2.42. The summed E-state index contributed by atoms with van der Waals surface area (Å²) in [7, 11) is 0. The second-order valence-corrected chi connectivity index (χ2v) is 16.9. The van der Waals surface area contributed by atoms with Gasteiger partial charge in [0, 0.05) is 60.8 Å². The van der Waals surface area contributed by atoms with Crippen molar-refractivity contribution in [1.29, 1.82) is 0 Å². The third-order valence-corrected chi connectivity index (χ3v) is 13.4. The van der Waals surface area contributed by atoms with Crippen LogP contribution in [0.3, 0.4) is 0 Å². The molecule has 3 aromatic heterocycles. The van der Waals surface area contributed by atoms with Gasteiger partial charge in [-0.15, -0.1) is 0 Å². The number of anilines is 3. The number of para-hydroxylation sites is 4. The molecule has 298 valence electrons. The minimum atomic E-state index is 0.875. The molecule has 0 aliphatic rings. The highest BCUT2D eigenvalue weighted by atomic mass is 16.3. The Morgan fingerprint density at radius 2 is 0.672 bits per heavy atom. The predicted octanol–water partition coefficient (Wildman–Crippen LogP) is 16.7. The monoisotopic (exact) mass is 815 g/mol. The van der Waals surface area contributed by atoms with E-state index in [1.54, 1.807) is 0 Å². The number of benzene rings is 11. The lowest BCUT2D eigenvalue weighted by Gasteiger charge is -2.26. The Hall–Kier alpha value is -8.60. The van der Waals surface area contributed by atoms with Gasteiger partial charge in [0.25, 0.3) is 0 Å². The topological polar surface area (TPSA) is 26.2 Å². The van der Waals surface area contributed by atoms with E-state index in [0.717, 1.165) is 55.9 Å². The first-order valence-electron chi connectivity index (χ1n) is 21.9. The van der Waals surface area contributed by atoms with Gasteiger partial charge in [0.1, 0.15) is 11.2 Å². The zero-order valence-corrected chi connectivity index (χ0v) is 34.6. The molecule has 0 atom stereocenters. The fourth-order valence-corrected chi connectivity index (χ4v) is 10.7. The molecule has 0 unspecified atom stereocenters. The molecule has 0 radical (unpaired) electrons. The number of aromatic nitrogens is 2. The number of nitrogens with zero attached hydrogens (tertiary/aromatic N) is 3. The van der Waals surface area contributed by atoms with Gasteiger partial charge in [-0.2, -0.15) is 0 Å². The van der Waals surface area contributed by atoms with E-state index in [4.69, 9.17) is 4.42 Å². The van der Waals surface area contributed by atoms with E-state index in [1.165, 1.54) is 70.4 Å². The summed E-state index contributed by atoms with van der Waals surface area (Å²) in [5, 5.41) is 14.6. The van der Waals surface area contributed by atoms with Gasteiger partial charge in [-0.1, -0.05) is 140 Å². The minimum absolute atomic E-state index is 0.875. The van der Waals surface area contributed by atoms with Crippen LogP contribution in [0.2, 0.25) is 0 Å². The molecule has 4 heteroatoms. The van der Waals surface area contributed by atoms with E-state index in [-0.39, 0.29) is 0 Å². The van der Waals surface area contributed by atoms with Crippen LogP contribution in [0.5, 0.6) is 0 Å². The highest BCUT2D eigenvalue weighted by Gasteiger charge is 2.21. The lowest BCUT2D eigenvalue weighted by molar-refractivity contribution is 0.669. The van der Waals surface area contributed by atoms with E-state index in [0.29, 0.717) is 0 Å². The van der Waals surface area contributed by atoms with Crippen molar-refractivity contribution in [2.24, 2.45) is 0 Å². The summed E-state index contributed by atoms with van der Waals surface area (Å²) >= 11 is 0. The second-order valence-electron chi connectivity index (χ2n) is 16.9. The molecule has 0 spiro atoms. The first-order valence-corrected chi connectivity index (χ1v) is 21.9. The van der Waals surface area contributed by atoms with Crippen LogP contribution in [-0.2, 0) is 0 Å². The van der Waals surface area contributed by atoms with Crippen LogP contribution >= 0.6 is 0 Å². The van der Waals surface area contributed by atoms with Crippen molar-refractivity contribution in [1.82, 2.24) is 9.13 Å². The van der Waals surface area contributed by atoms with Crippen LogP contribution in [-0.4, -0.2) is 9.13 Å². The SMILES string of the molecule is c1ccc(-n2c3ccccc3c3ccc(-n4c5ccccc5c5ccc(N(c6ccc7oc8ccccc8c7c6)c6ccc7c8ccccc8c8ccccc8c7c6)cc54)cc32)cc1. The third-order valence-electron chi connectivity index (χ3n) is 13.4. The maximum atomic E-state index is 6.36. The standard InChI is InChI=1S/C60H37N3O/c1-2-14-38(15-3-1)62-55-23-11-8-20-48(55)50-32-28-42(37-57(50)62)63-56-24-12-9-21-49(56)51-31-27-41(36-58(51)63)61(40-29-33-60-54(35-40)52-22-10-13-25-59(52)64-60)39-26-30-47-45-18-5-4-16-43(45)44-17-6-7-19-46(44)53(47)34-39/h1-37H. The largest absolute Gasteiger partial charge is 0.456 e. The molecule has 3 heterocycles. The summed E-state index contributed by atoms with van der Waals surface area (Å²) in [6.45, 7) is 0. The smallest absolute Gasteiger partial charge is 0.135 e. The normalized spacial score (nSPS) is 12.1. The summed E-state index contributed by atoms with van der Waals surface area (Å²) in [6.07, 6.45) is 0. The Morgan fingerprint density at radius 3 is 1.34 bits per heavy atom. The number of rotatable bonds is 5. The van der Waals surface area contributed by atoms with Crippen molar-refractivity contribution < 1.29 is 4.42 Å². The molecule has 0 amide bonds. The molecule has 0 fully saturated rings. The van der Waals surface area contributed by atoms with Crippen LogP contribution in [0.25, 0.3) is 109 Å². The molecule has 14 rings (SSSR count). The fourth-order valence-electron chi connectivity index (χ4n) is 10.7. The Bertz CT molecular complexity index is 4170. The van der Waals surface area contributed by atoms with Crippen molar-refractivity contribution in [2.45, 2.75) is 0 Å². The minimum Gasteiger partial charge on any atom is -0.456 e. The van der Waals surface area contributed by atoms with Crippen LogP contribution in [0, 0.1) is 0 Å². The van der Waals surface area contributed by atoms with Gasteiger partial charge in [-0.05, 0) is 117 Å². The summed E-state index contributed by atoms with van der Waals surface area (Å²) < 4.78 is 11.2. The summed E-state index contributed by atoms with van der Waals surface area (Å²) in [5.74, 6) is 0. The Labute approximate surface area is 367 Å². The van der Waals surface area contributed by atoms with Crippen LogP contribution in [0.1, 0.15) is 0 Å². The van der Waals surface area contributed by atoms with Gasteiger partial charge in [0.15, 0.2) is 0 Å². The van der Waals surface area contributed by atoms with Crippen molar-refractivity contribution in [3.05, 3.63) is 224 Å². The molecule has 11 aromatic carbocycles. The van der Waals surface area contributed by atoms with Crippen LogP contribution in [0.15, 0.2) is 229 Å². The highest BCUT2D eigenvalue weighted by molar-refractivity contribution is 6.26. The Kier molecular flexibility index (Phi) is 7.36. The quantitative estimate of drug-likeness (QED) is 0.162. The zero-order valence-electron chi connectivity index (χ0n) is 34.6. The molecule has 0 bridgehead atoms. The third kappa shape index (κ3) is 5.05. The van der Waals surface area contributed by atoms with Crippen molar-refractivity contribution in [3.8, 4) is 11.4 Å². The molecule has 0 aliphatic heterocycles. The summed E-state index contributed by atoms with van der Waals surface area (Å²) in [6, 6.07) is 81.7. The first kappa shape index (κ1) is 35.0. The first-order chi connectivity index (χ1) is 31.7. The molecule has 0 N–H and O–H groups in total. The number of hydrogen-bond acceptors (Lipinski definition) is 2. The predicted molar refractivity (Wildman–Crippen MR) is 270 cm³/mol. The van der Waals surface area contributed by atoms with E-state index < -0.39 is 0 Å². The Balaban J connectivity index is 1.04. The lowest BCUT2D eigenvalue weighted by atomic mass is 9.94. The van der Waals surface area contributed by atoms with E-state index in [2.05, 4.69) is 232 Å². The van der Waals surface area contributed by atoms with Crippen LogP contribution in [0.4, 0.5) is 17.1 Å². The number of furan rings is 1. The van der Waals surface area contributed by atoms with Crippen molar-refractivity contribution >= 4 is 115 Å². The molecule has 4 nitrogen and oxygen atoms in total. The van der Waals surface area contributed by atoms with Gasteiger partial charge < -0.3 is 18.5 Å². The van der Waals surface area contributed by atoms with E-state index in [1.807, 2.05) is 6.07 Å². The van der Waals surface area contributed by atoms with Gasteiger partial charge in [0.05, 0.1) is 22.1 Å². The molecule has 0 saturated carbocycles. The molecule has 0 saturated heterocycles. The van der Waals surface area contributed by atoms with Crippen LogP contribution < -0.4 is 4.90 Å². The molecule has 64 heavy (non-hydrogen) atoms. The molecular formula is C60H37N3O. The maximum Gasteiger partial charge on any atom is 0.135 e. The van der Waals surface area contributed by atoms with Gasteiger partial charge in [0.2, 0.25) is 0 Å². The number of hydrogen-bond donors (Lipinski definition) is 0. The maximum absolute atomic E-state index is 6.36. The molecular weight excluding hydrogens is 779 g/mol. The van der Waals surface area contributed by atoms with Crippen molar-refractivity contribution in [3.63, 3.8) is 0 Å². The van der Waals surface area contributed by atoms with Gasteiger partial charge in [-0.25, -0.2) is 0 Å². The molecule has 14 aromatic rings. The zero-order chi connectivity index (χ0) is 41.9. The number of fused-ring (bicyclic) bond motifs is 15. The van der Waals surface area contributed by atoms with E-state index >= 15 is 0 Å².